The molecule has 0 nitrogen and oxygen atoms in total. The molecule has 2 aromatic rings. The molecule has 0 fully saturated rings. The third-order valence-corrected chi connectivity index (χ3v) is 4.37. The maximum Gasteiger partial charge on any atom is 0.357 e. The van der Waals surface area contributed by atoms with Gasteiger partial charge in [-0.25, -0.2) is 0 Å². The van der Waals surface area contributed by atoms with Crippen LogP contribution in [-0.2, 0) is 0 Å². The zero-order chi connectivity index (χ0) is 15.3. The van der Waals surface area contributed by atoms with Gasteiger partial charge in [0.05, 0.1) is 0 Å². The van der Waals surface area contributed by atoms with E-state index in [0.29, 0.717) is 0 Å². The quantitative estimate of drug-likeness (QED) is 0.394. The topological polar surface area (TPSA) is 0 Å². The normalized spacial score (nSPS) is 14.5. The van der Waals surface area contributed by atoms with Crippen molar-refractivity contribution in [2.75, 3.05) is 0 Å². The second-order valence-corrected chi connectivity index (χ2v) is 8.59. The molecular formula is C12H10F6IP. The van der Waals surface area contributed by atoms with Crippen LogP contribution >= 0.6 is 7.81 Å². The van der Waals surface area contributed by atoms with E-state index < -0.39 is 7.81 Å². The molecule has 2 aromatic carbocycles. The zero-order valence-corrected chi connectivity index (χ0v) is 12.9. The molecule has 0 saturated heterocycles. The van der Waals surface area contributed by atoms with Crippen LogP contribution in [-0.4, -0.2) is 0 Å². The molecule has 20 heavy (non-hydrogen) atoms. The molecule has 0 spiro atoms. The Balaban J connectivity index is 0.000000246. The van der Waals surface area contributed by atoms with E-state index in [1.165, 1.54) is 7.14 Å². The number of benzene rings is 2. The van der Waals surface area contributed by atoms with Gasteiger partial charge in [-0.05, 0) is 24.3 Å². The van der Waals surface area contributed by atoms with Crippen molar-refractivity contribution in [2.45, 2.75) is 0 Å². The fourth-order valence-electron chi connectivity index (χ4n) is 1.08. The van der Waals surface area contributed by atoms with E-state index in [4.69, 9.17) is 0 Å². The van der Waals surface area contributed by atoms with Gasteiger partial charge in [0.1, 0.15) is 0 Å². The summed E-state index contributed by atoms with van der Waals surface area (Å²) in [5, 5.41) is 0. The van der Waals surface area contributed by atoms with E-state index in [9.17, 15) is 25.2 Å². The van der Waals surface area contributed by atoms with E-state index in [-0.39, 0.29) is 21.2 Å². The first-order valence-electron chi connectivity index (χ1n) is 5.21. The molecule has 112 valence electrons. The van der Waals surface area contributed by atoms with Gasteiger partial charge in [0.2, 0.25) is 0 Å². The average Bonchev–Trinajstić information content (AvgIpc) is 2.27. The number of halogens is 7. The maximum absolute atomic E-state index is 10.7. The van der Waals surface area contributed by atoms with Crippen LogP contribution in [0.3, 0.4) is 0 Å². The van der Waals surface area contributed by atoms with E-state index in [0.717, 1.165) is 0 Å². The van der Waals surface area contributed by atoms with Gasteiger partial charge in [0.25, 0.3) is 0 Å². The number of hydrogen-bond donors (Lipinski definition) is 0. The van der Waals surface area contributed by atoms with Gasteiger partial charge in [0.15, 0.2) is 7.14 Å². The van der Waals surface area contributed by atoms with Crippen molar-refractivity contribution in [2.24, 2.45) is 0 Å². The van der Waals surface area contributed by atoms with Crippen molar-refractivity contribution < 1.29 is 46.4 Å². The monoisotopic (exact) mass is 426 g/mol. The molecule has 0 unspecified atom stereocenters. The van der Waals surface area contributed by atoms with Gasteiger partial charge < -0.3 is 0 Å². The van der Waals surface area contributed by atoms with Crippen LogP contribution in [0.4, 0.5) is 25.2 Å². The van der Waals surface area contributed by atoms with Gasteiger partial charge in [-0.2, -0.15) is 0 Å². The van der Waals surface area contributed by atoms with Gasteiger partial charge >= 0.3 is 54.2 Å². The SMILES string of the molecule is F[P-](F)(F)(F)(F)F.c1ccc([I+]c2ccccc2)cc1. The number of rotatable bonds is 2. The second-order valence-electron chi connectivity index (χ2n) is 3.64. The first-order chi connectivity index (χ1) is 8.90. The molecule has 0 aliphatic carbocycles. The van der Waals surface area contributed by atoms with Crippen molar-refractivity contribution >= 4 is 7.81 Å². The van der Waals surface area contributed by atoms with Crippen molar-refractivity contribution in [1.82, 2.24) is 0 Å². The van der Waals surface area contributed by atoms with Crippen molar-refractivity contribution in [3.05, 3.63) is 67.8 Å². The Morgan fingerprint density at radius 2 is 0.800 bits per heavy atom. The van der Waals surface area contributed by atoms with E-state index in [2.05, 4.69) is 60.7 Å². The maximum atomic E-state index is 9.87. The van der Waals surface area contributed by atoms with Crippen LogP contribution in [0.2, 0.25) is 0 Å². The summed E-state index contributed by atoms with van der Waals surface area (Å²) in [5.41, 5.74) is 0. The largest absolute Gasteiger partial charge is 0.357 e. The average molecular weight is 426 g/mol. The summed E-state index contributed by atoms with van der Waals surface area (Å²) < 4.78 is 62.2. The molecule has 0 aliphatic rings. The Morgan fingerprint density at radius 1 is 0.550 bits per heavy atom. The van der Waals surface area contributed by atoms with Gasteiger partial charge in [-0.1, -0.05) is 36.4 Å². The van der Waals surface area contributed by atoms with Crippen LogP contribution < -0.4 is 21.2 Å². The summed E-state index contributed by atoms with van der Waals surface area (Å²) in [6, 6.07) is 21.4. The fourth-order valence-corrected chi connectivity index (χ4v) is 3.35. The first-order valence-corrected chi connectivity index (χ1v) is 9.40. The molecule has 8 heteroatoms. The van der Waals surface area contributed by atoms with Crippen molar-refractivity contribution in [3.8, 4) is 0 Å². The van der Waals surface area contributed by atoms with Crippen LogP contribution in [0.5, 0.6) is 0 Å². The predicted molar refractivity (Wildman–Crippen MR) is 63.8 cm³/mol. The first kappa shape index (κ1) is 17.2. The van der Waals surface area contributed by atoms with Crippen LogP contribution in [0.25, 0.3) is 0 Å². The summed E-state index contributed by atoms with van der Waals surface area (Å²) in [4.78, 5) is 0. The summed E-state index contributed by atoms with van der Waals surface area (Å²) in [6.07, 6.45) is 0. The van der Waals surface area contributed by atoms with E-state index in [1.807, 2.05) is 0 Å². The number of hydrogen-bond acceptors (Lipinski definition) is 0. The Bertz CT molecular complexity index is 489. The zero-order valence-electron chi connectivity index (χ0n) is 9.87. The summed E-state index contributed by atoms with van der Waals surface area (Å²) in [5.74, 6) is 0. The minimum Gasteiger partial charge on any atom is -0.0619 e. The third-order valence-electron chi connectivity index (χ3n) is 1.68. The smallest absolute Gasteiger partial charge is 0.0619 e. The Labute approximate surface area is 122 Å². The molecule has 0 amide bonds. The van der Waals surface area contributed by atoms with Crippen LogP contribution in [0.15, 0.2) is 60.7 Å². The molecular weight excluding hydrogens is 416 g/mol. The Hall–Kier alpha value is -0.820. The Kier molecular flexibility index (Phi) is 4.76. The van der Waals surface area contributed by atoms with Gasteiger partial charge in [0, 0.05) is 0 Å². The molecule has 0 N–H and O–H groups in total. The molecule has 0 aliphatic heterocycles. The van der Waals surface area contributed by atoms with Crippen LogP contribution in [0, 0.1) is 7.14 Å². The molecule has 0 bridgehead atoms. The molecule has 2 rings (SSSR count). The molecule has 0 heterocycles. The molecule has 0 aromatic heterocycles. The summed E-state index contributed by atoms with van der Waals surface area (Å²) in [7, 11) is -10.7. The van der Waals surface area contributed by atoms with Crippen LogP contribution in [0.1, 0.15) is 0 Å². The van der Waals surface area contributed by atoms with E-state index >= 15 is 0 Å². The molecule has 0 radical (unpaired) electrons. The summed E-state index contributed by atoms with van der Waals surface area (Å²) >= 11 is 0.0287. The van der Waals surface area contributed by atoms with Gasteiger partial charge in [-0.15, -0.1) is 0 Å². The van der Waals surface area contributed by atoms with Crippen molar-refractivity contribution in [1.29, 1.82) is 0 Å². The summed E-state index contributed by atoms with van der Waals surface area (Å²) in [6.45, 7) is 0. The van der Waals surface area contributed by atoms with Crippen molar-refractivity contribution in [3.63, 3.8) is 0 Å². The minimum absolute atomic E-state index is 0.0287. The molecule has 0 atom stereocenters. The minimum atomic E-state index is -10.7. The van der Waals surface area contributed by atoms with E-state index in [1.54, 1.807) is 0 Å². The predicted octanol–water partition coefficient (Wildman–Crippen LogP) is 3.20. The standard InChI is InChI=1S/C12H10I.F6P/c1-3-7-11(8-4-1)13-12-9-5-2-6-10-12;1-7(2,3,4,5)6/h1-10H;/q+1;-1. The van der Waals surface area contributed by atoms with Gasteiger partial charge in [-0.3, -0.25) is 0 Å². The fraction of sp³-hybridized carbons (Fsp3) is 0. The second kappa shape index (κ2) is 5.52. The third kappa shape index (κ3) is 12.2. The Morgan fingerprint density at radius 3 is 1.05 bits per heavy atom. The molecule has 0 saturated carbocycles.